The first-order valence-electron chi connectivity index (χ1n) is 5.96. The number of nitrogens with zero attached hydrogens (tertiary/aromatic N) is 3. The van der Waals surface area contributed by atoms with Crippen molar-refractivity contribution in [3.8, 4) is 0 Å². The summed E-state index contributed by atoms with van der Waals surface area (Å²) in [5, 5.41) is 0. The van der Waals surface area contributed by atoms with Gasteiger partial charge in [-0.2, -0.15) is 0 Å². The molecule has 0 aliphatic heterocycles. The lowest BCUT2D eigenvalue weighted by molar-refractivity contribution is 0.0593. The molecule has 0 fully saturated rings. The average molecular weight is 336 g/mol. The highest BCUT2D eigenvalue weighted by Gasteiger charge is 2.11. The Hall–Kier alpha value is -1.95. The zero-order valence-corrected chi connectivity index (χ0v) is 12.8. The molecule has 2 aromatic rings. The Balaban J connectivity index is 2.19. The van der Waals surface area contributed by atoms with E-state index in [0.29, 0.717) is 12.4 Å². The van der Waals surface area contributed by atoms with E-state index in [1.165, 1.54) is 13.3 Å². The number of hydrogen-bond acceptors (Lipinski definition) is 5. The predicted molar refractivity (Wildman–Crippen MR) is 79.6 cm³/mol. The molecule has 0 saturated carbocycles. The quantitative estimate of drug-likeness (QED) is 0.804. The van der Waals surface area contributed by atoms with Crippen molar-refractivity contribution in [2.75, 3.05) is 19.1 Å². The molecule has 0 N–H and O–H groups in total. The van der Waals surface area contributed by atoms with Crippen LogP contribution in [0.1, 0.15) is 16.1 Å². The highest BCUT2D eigenvalue weighted by Crippen LogP contribution is 2.19. The monoisotopic (exact) mass is 335 g/mol. The summed E-state index contributed by atoms with van der Waals surface area (Å²) >= 11 is 3.51. The molecule has 0 unspecified atom stereocenters. The number of methoxy groups -OCH3 is 1. The van der Waals surface area contributed by atoms with E-state index in [4.69, 9.17) is 0 Å². The number of ether oxygens (including phenoxy) is 1. The van der Waals surface area contributed by atoms with Gasteiger partial charge in [0.25, 0.3) is 0 Å². The molecule has 6 heteroatoms. The lowest BCUT2D eigenvalue weighted by atomic mass is 10.2. The predicted octanol–water partition coefficient (Wildman–Crippen LogP) is 2.66. The van der Waals surface area contributed by atoms with Crippen LogP contribution in [0.2, 0.25) is 0 Å². The van der Waals surface area contributed by atoms with Crippen LogP contribution in [-0.4, -0.2) is 30.1 Å². The minimum atomic E-state index is -0.492. The standard InChI is InChI=1S/C14H14BrN3O2/c1-18(9-10-5-3-4-6-11(10)15)13-8-16-7-12(17-13)14(19)20-2/h3-8H,9H2,1-2H3. The largest absolute Gasteiger partial charge is 0.464 e. The second kappa shape index (κ2) is 6.47. The first-order valence-corrected chi connectivity index (χ1v) is 6.76. The van der Waals surface area contributed by atoms with Crippen LogP contribution in [-0.2, 0) is 11.3 Å². The second-order valence-corrected chi connectivity index (χ2v) is 5.06. The van der Waals surface area contributed by atoms with Gasteiger partial charge < -0.3 is 9.64 Å². The van der Waals surface area contributed by atoms with Gasteiger partial charge in [0.2, 0.25) is 0 Å². The lowest BCUT2D eigenvalue weighted by Crippen LogP contribution is -2.19. The maximum Gasteiger partial charge on any atom is 0.358 e. The number of benzene rings is 1. The number of aromatic nitrogens is 2. The summed E-state index contributed by atoms with van der Waals surface area (Å²) < 4.78 is 5.67. The first kappa shape index (κ1) is 14.5. The van der Waals surface area contributed by atoms with Crippen molar-refractivity contribution in [3.05, 3.63) is 52.4 Å². The van der Waals surface area contributed by atoms with Crippen LogP contribution in [0.5, 0.6) is 0 Å². The van der Waals surface area contributed by atoms with Gasteiger partial charge in [-0.1, -0.05) is 34.1 Å². The fourth-order valence-corrected chi connectivity index (χ4v) is 2.12. The van der Waals surface area contributed by atoms with Gasteiger partial charge in [0.05, 0.1) is 19.5 Å². The molecule has 0 saturated heterocycles. The maximum absolute atomic E-state index is 11.4. The Morgan fingerprint density at radius 3 is 2.80 bits per heavy atom. The van der Waals surface area contributed by atoms with Crippen LogP contribution in [0, 0.1) is 0 Å². The third-order valence-corrected chi connectivity index (χ3v) is 3.55. The van der Waals surface area contributed by atoms with E-state index in [2.05, 4.69) is 30.6 Å². The second-order valence-electron chi connectivity index (χ2n) is 4.20. The van der Waals surface area contributed by atoms with Crippen molar-refractivity contribution >= 4 is 27.7 Å². The third kappa shape index (κ3) is 3.33. The smallest absolute Gasteiger partial charge is 0.358 e. The van der Waals surface area contributed by atoms with Crippen molar-refractivity contribution in [2.45, 2.75) is 6.54 Å². The first-order chi connectivity index (χ1) is 9.61. The number of halogens is 1. The molecule has 104 valence electrons. The van der Waals surface area contributed by atoms with E-state index in [9.17, 15) is 4.79 Å². The molecule has 0 aliphatic carbocycles. The van der Waals surface area contributed by atoms with Crippen molar-refractivity contribution in [1.29, 1.82) is 0 Å². The fraction of sp³-hybridized carbons (Fsp3) is 0.214. The Kier molecular flexibility index (Phi) is 4.68. The average Bonchev–Trinajstić information content (AvgIpc) is 2.49. The minimum absolute atomic E-state index is 0.198. The molecule has 20 heavy (non-hydrogen) atoms. The molecule has 1 aromatic carbocycles. The molecule has 0 amide bonds. The highest BCUT2D eigenvalue weighted by molar-refractivity contribution is 9.10. The summed E-state index contributed by atoms with van der Waals surface area (Å²) in [7, 11) is 3.21. The SMILES string of the molecule is COC(=O)c1cncc(N(C)Cc2ccccc2Br)n1. The Bertz CT molecular complexity index is 619. The molecule has 0 bridgehead atoms. The molecular weight excluding hydrogens is 322 g/mol. The number of rotatable bonds is 4. The summed E-state index contributed by atoms with van der Waals surface area (Å²) in [4.78, 5) is 21.6. The summed E-state index contributed by atoms with van der Waals surface area (Å²) in [6.07, 6.45) is 3.00. The number of carbonyl (C=O) groups is 1. The molecule has 0 radical (unpaired) electrons. The Morgan fingerprint density at radius 2 is 2.10 bits per heavy atom. The van der Waals surface area contributed by atoms with Gasteiger partial charge in [-0.25, -0.2) is 9.78 Å². The van der Waals surface area contributed by atoms with Crippen LogP contribution >= 0.6 is 15.9 Å². The summed E-state index contributed by atoms with van der Waals surface area (Å²) in [5.41, 5.74) is 1.32. The van der Waals surface area contributed by atoms with Gasteiger partial charge in [-0.05, 0) is 11.6 Å². The summed E-state index contributed by atoms with van der Waals surface area (Å²) in [5.74, 6) is 0.122. The number of carbonyl (C=O) groups excluding carboxylic acids is 1. The van der Waals surface area contributed by atoms with E-state index >= 15 is 0 Å². The number of hydrogen-bond donors (Lipinski definition) is 0. The molecule has 2 rings (SSSR count). The number of anilines is 1. The molecule has 0 aliphatic rings. The van der Waals surface area contributed by atoms with Gasteiger partial charge in [0.15, 0.2) is 5.69 Å². The van der Waals surface area contributed by atoms with Crippen LogP contribution in [0.3, 0.4) is 0 Å². The summed E-state index contributed by atoms with van der Waals surface area (Å²) in [6.45, 7) is 0.654. The normalized spacial score (nSPS) is 10.2. The molecule has 1 heterocycles. The third-order valence-electron chi connectivity index (χ3n) is 2.77. The lowest BCUT2D eigenvalue weighted by Gasteiger charge is -2.18. The molecular formula is C14H14BrN3O2. The van der Waals surface area contributed by atoms with Crippen molar-refractivity contribution < 1.29 is 9.53 Å². The van der Waals surface area contributed by atoms with E-state index in [-0.39, 0.29) is 5.69 Å². The van der Waals surface area contributed by atoms with E-state index in [1.807, 2.05) is 36.2 Å². The molecule has 5 nitrogen and oxygen atoms in total. The van der Waals surface area contributed by atoms with E-state index in [1.54, 1.807) is 6.20 Å². The van der Waals surface area contributed by atoms with Crippen molar-refractivity contribution in [3.63, 3.8) is 0 Å². The molecule has 0 atom stereocenters. The zero-order chi connectivity index (χ0) is 14.5. The molecule has 1 aromatic heterocycles. The van der Waals surface area contributed by atoms with Gasteiger partial charge in [-0.3, -0.25) is 4.98 Å². The topological polar surface area (TPSA) is 55.3 Å². The Morgan fingerprint density at radius 1 is 1.35 bits per heavy atom. The Labute approximate surface area is 125 Å². The highest BCUT2D eigenvalue weighted by atomic mass is 79.9. The van der Waals surface area contributed by atoms with Gasteiger partial charge in [-0.15, -0.1) is 0 Å². The van der Waals surface area contributed by atoms with Gasteiger partial charge in [0, 0.05) is 18.1 Å². The van der Waals surface area contributed by atoms with Crippen molar-refractivity contribution in [2.24, 2.45) is 0 Å². The maximum atomic E-state index is 11.4. The minimum Gasteiger partial charge on any atom is -0.464 e. The summed E-state index contributed by atoms with van der Waals surface area (Å²) in [6, 6.07) is 7.95. The molecule has 0 spiro atoms. The van der Waals surface area contributed by atoms with Crippen LogP contribution < -0.4 is 4.90 Å². The van der Waals surface area contributed by atoms with Gasteiger partial charge >= 0.3 is 5.97 Å². The van der Waals surface area contributed by atoms with Crippen LogP contribution in [0.15, 0.2) is 41.1 Å². The van der Waals surface area contributed by atoms with E-state index in [0.717, 1.165) is 10.0 Å². The van der Waals surface area contributed by atoms with Crippen molar-refractivity contribution in [1.82, 2.24) is 9.97 Å². The fourth-order valence-electron chi connectivity index (χ4n) is 1.71. The van der Waals surface area contributed by atoms with E-state index < -0.39 is 5.97 Å². The number of esters is 1. The van der Waals surface area contributed by atoms with Crippen LogP contribution in [0.4, 0.5) is 5.82 Å². The van der Waals surface area contributed by atoms with Crippen LogP contribution in [0.25, 0.3) is 0 Å². The zero-order valence-electron chi connectivity index (χ0n) is 11.2. The van der Waals surface area contributed by atoms with Gasteiger partial charge in [0.1, 0.15) is 5.82 Å².